The fourth-order valence-electron chi connectivity index (χ4n) is 1.07. The third-order valence-electron chi connectivity index (χ3n) is 1.62. The van der Waals surface area contributed by atoms with E-state index in [1.165, 1.54) is 6.42 Å². The second kappa shape index (κ2) is 3.95. The van der Waals surface area contributed by atoms with Gasteiger partial charge < -0.3 is 3.07 Å². The Balaban J connectivity index is 2.53. The van der Waals surface area contributed by atoms with Crippen molar-refractivity contribution in [1.82, 2.24) is 0 Å². The summed E-state index contributed by atoms with van der Waals surface area (Å²) in [6.07, 6.45) is 6.23. The van der Waals surface area contributed by atoms with Crippen molar-refractivity contribution in [3.8, 4) is 0 Å². The Morgan fingerprint density at radius 2 is 2.40 bits per heavy atom. The molecule has 56 valence electrons. The summed E-state index contributed by atoms with van der Waals surface area (Å²) in [6.45, 7) is 0. The van der Waals surface area contributed by atoms with Crippen LogP contribution in [0, 0.1) is 0 Å². The number of hydrogen-bond acceptors (Lipinski definition) is 2. The molecule has 0 fully saturated rings. The van der Waals surface area contributed by atoms with Crippen LogP contribution in [0.3, 0.4) is 0 Å². The molecule has 10 heavy (non-hydrogen) atoms. The minimum absolute atomic E-state index is 0.166. The van der Waals surface area contributed by atoms with E-state index in [4.69, 9.17) is 0 Å². The molecule has 0 aromatic heterocycles. The number of allylic oxidation sites excluding steroid dienone is 1. The zero-order valence-electron chi connectivity index (χ0n) is 5.60. The van der Waals surface area contributed by atoms with Gasteiger partial charge in [0.1, 0.15) is 0 Å². The van der Waals surface area contributed by atoms with Crippen LogP contribution in [-0.4, -0.2) is 5.97 Å². The number of hydrogen-bond donors (Lipinski definition) is 0. The summed E-state index contributed by atoms with van der Waals surface area (Å²) >= 11 is 1.63. The van der Waals surface area contributed by atoms with E-state index in [1.807, 2.05) is 6.08 Å². The fraction of sp³-hybridized carbons (Fsp3) is 0.571. The predicted molar refractivity (Wildman–Crippen MR) is 46.7 cm³/mol. The maximum atomic E-state index is 10.9. The molecule has 0 spiro atoms. The molecule has 0 unspecified atom stereocenters. The van der Waals surface area contributed by atoms with Gasteiger partial charge >= 0.3 is 5.97 Å². The van der Waals surface area contributed by atoms with Gasteiger partial charge in [0, 0.05) is 5.57 Å². The Labute approximate surface area is 74.3 Å². The number of halogens is 1. The van der Waals surface area contributed by atoms with Crippen LogP contribution in [0.15, 0.2) is 11.6 Å². The Morgan fingerprint density at radius 1 is 1.60 bits per heavy atom. The van der Waals surface area contributed by atoms with E-state index in [0.29, 0.717) is 0 Å². The Bertz CT molecular complexity index is 163. The SMILES string of the molecule is O=C(OI)C1=CCCCC1. The average Bonchev–Trinajstić information content (AvgIpc) is 2.05. The van der Waals surface area contributed by atoms with Crippen LogP contribution < -0.4 is 0 Å². The molecular weight excluding hydrogens is 243 g/mol. The quantitative estimate of drug-likeness (QED) is 0.669. The highest BCUT2D eigenvalue weighted by molar-refractivity contribution is 14.1. The van der Waals surface area contributed by atoms with Crippen molar-refractivity contribution in [1.29, 1.82) is 0 Å². The van der Waals surface area contributed by atoms with Crippen LogP contribution in [0.25, 0.3) is 0 Å². The molecule has 0 bridgehead atoms. The summed E-state index contributed by atoms with van der Waals surface area (Å²) in [7, 11) is 0. The van der Waals surface area contributed by atoms with Crippen molar-refractivity contribution in [2.24, 2.45) is 0 Å². The zero-order chi connectivity index (χ0) is 7.40. The highest BCUT2D eigenvalue weighted by Gasteiger charge is 2.11. The lowest BCUT2D eigenvalue weighted by molar-refractivity contribution is -0.127. The van der Waals surface area contributed by atoms with Gasteiger partial charge in [-0.3, -0.25) is 0 Å². The van der Waals surface area contributed by atoms with E-state index in [-0.39, 0.29) is 5.97 Å². The molecule has 0 saturated carbocycles. The van der Waals surface area contributed by atoms with Gasteiger partial charge in [-0.05, 0) is 25.7 Å². The molecule has 1 rings (SSSR count). The minimum Gasteiger partial charge on any atom is -0.391 e. The van der Waals surface area contributed by atoms with E-state index >= 15 is 0 Å². The largest absolute Gasteiger partial charge is 0.391 e. The molecule has 0 aromatic carbocycles. The normalized spacial score (nSPS) is 17.9. The van der Waals surface area contributed by atoms with Gasteiger partial charge in [-0.25, -0.2) is 4.79 Å². The monoisotopic (exact) mass is 252 g/mol. The fourth-order valence-corrected chi connectivity index (χ4v) is 1.36. The molecule has 1 aliphatic rings. The van der Waals surface area contributed by atoms with E-state index < -0.39 is 0 Å². The van der Waals surface area contributed by atoms with Crippen LogP contribution in [-0.2, 0) is 7.86 Å². The Morgan fingerprint density at radius 3 is 2.90 bits per heavy atom. The van der Waals surface area contributed by atoms with Gasteiger partial charge in [0.25, 0.3) is 0 Å². The Kier molecular flexibility index (Phi) is 3.18. The molecule has 0 atom stereocenters. The second-order valence-electron chi connectivity index (χ2n) is 2.34. The van der Waals surface area contributed by atoms with E-state index in [2.05, 4.69) is 3.07 Å². The Hall–Kier alpha value is -0.0600. The van der Waals surface area contributed by atoms with Gasteiger partial charge in [-0.1, -0.05) is 6.08 Å². The summed E-state index contributed by atoms with van der Waals surface area (Å²) in [5.74, 6) is -0.166. The zero-order valence-corrected chi connectivity index (χ0v) is 7.76. The predicted octanol–water partition coefficient (Wildman–Crippen LogP) is 2.38. The van der Waals surface area contributed by atoms with Crippen molar-refractivity contribution < 1.29 is 7.86 Å². The first-order chi connectivity index (χ1) is 4.84. The van der Waals surface area contributed by atoms with Crippen molar-refractivity contribution in [3.05, 3.63) is 11.6 Å². The lowest BCUT2D eigenvalue weighted by Gasteiger charge is -2.08. The van der Waals surface area contributed by atoms with Crippen molar-refractivity contribution in [2.75, 3.05) is 0 Å². The van der Waals surface area contributed by atoms with Crippen LogP contribution >= 0.6 is 23.0 Å². The molecule has 0 aliphatic heterocycles. The summed E-state index contributed by atoms with van der Waals surface area (Å²) in [5, 5.41) is 0. The molecule has 3 heteroatoms. The third-order valence-corrected chi connectivity index (χ3v) is 2.02. The van der Waals surface area contributed by atoms with Crippen molar-refractivity contribution >= 4 is 29.0 Å². The number of carbonyl (C=O) groups is 1. The van der Waals surface area contributed by atoms with Crippen LogP contribution in [0.1, 0.15) is 25.7 Å². The summed E-state index contributed by atoms with van der Waals surface area (Å²) < 4.78 is 4.55. The van der Waals surface area contributed by atoms with Crippen molar-refractivity contribution in [2.45, 2.75) is 25.7 Å². The molecule has 0 N–H and O–H groups in total. The van der Waals surface area contributed by atoms with Gasteiger partial charge in [-0.15, -0.1) is 0 Å². The van der Waals surface area contributed by atoms with E-state index in [9.17, 15) is 4.79 Å². The molecule has 0 radical (unpaired) electrons. The van der Waals surface area contributed by atoms with Crippen LogP contribution in [0.4, 0.5) is 0 Å². The van der Waals surface area contributed by atoms with Gasteiger partial charge in [-0.2, -0.15) is 0 Å². The molecule has 0 saturated heterocycles. The van der Waals surface area contributed by atoms with Crippen LogP contribution in [0.2, 0.25) is 0 Å². The number of rotatable bonds is 1. The maximum absolute atomic E-state index is 10.9. The maximum Gasteiger partial charge on any atom is 0.343 e. The van der Waals surface area contributed by atoms with Gasteiger partial charge in [0.15, 0.2) is 23.0 Å². The first-order valence-corrected chi connectivity index (χ1v) is 4.24. The minimum atomic E-state index is -0.166. The second-order valence-corrected chi connectivity index (χ2v) is 2.78. The highest BCUT2D eigenvalue weighted by Crippen LogP contribution is 2.18. The molecule has 1 aliphatic carbocycles. The number of carbonyl (C=O) groups excluding carboxylic acids is 1. The molecule has 2 nitrogen and oxygen atoms in total. The summed E-state index contributed by atoms with van der Waals surface area (Å²) in [5.41, 5.74) is 0.848. The molecule has 0 aromatic rings. The summed E-state index contributed by atoms with van der Waals surface area (Å²) in [6, 6.07) is 0. The molecule has 0 amide bonds. The van der Waals surface area contributed by atoms with Crippen LogP contribution in [0.5, 0.6) is 0 Å². The third kappa shape index (κ3) is 1.97. The standard InChI is InChI=1S/C7H9IO2/c8-10-7(9)6-4-2-1-3-5-6/h4H,1-3,5H2. The van der Waals surface area contributed by atoms with Gasteiger partial charge in [0.2, 0.25) is 0 Å². The smallest absolute Gasteiger partial charge is 0.343 e. The summed E-state index contributed by atoms with van der Waals surface area (Å²) in [4.78, 5) is 10.9. The van der Waals surface area contributed by atoms with E-state index in [0.717, 1.165) is 24.8 Å². The molecular formula is C7H9IO2. The lowest BCUT2D eigenvalue weighted by atomic mass is 10.0. The van der Waals surface area contributed by atoms with Crippen molar-refractivity contribution in [3.63, 3.8) is 0 Å². The highest BCUT2D eigenvalue weighted by atomic mass is 127. The van der Waals surface area contributed by atoms with E-state index in [1.54, 1.807) is 23.0 Å². The topological polar surface area (TPSA) is 26.3 Å². The average molecular weight is 252 g/mol. The first-order valence-electron chi connectivity index (χ1n) is 3.36. The lowest BCUT2D eigenvalue weighted by Crippen LogP contribution is -2.04. The first kappa shape index (κ1) is 8.04. The molecule has 0 heterocycles. The van der Waals surface area contributed by atoms with Gasteiger partial charge in [0.05, 0.1) is 0 Å².